The maximum atomic E-state index is 12.8. The molecule has 1 amide bonds. The van der Waals surface area contributed by atoms with Crippen LogP contribution < -0.4 is 9.62 Å². The maximum absolute atomic E-state index is 12.8. The van der Waals surface area contributed by atoms with E-state index in [1.165, 1.54) is 0 Å². The molecular weight excluding hydrogens is 408 g/mol. The molecule has 3 heterocycles. The van der Waals surface area contributed by atoms with Crippen LogP contribution in [0.4, 0.5) is 11.4 Å². The predicted molar refractivity (Wildman–Crippen MR) is 124 cm³/mol. The molecule has 7 heteroatoms. The summed E-state index contributed by atoms with van der Waals surface area (Å²) in [4.78, 5) is 21.8. The lowest BCUT2D eigenvalue weighted by atomic mass is 10.0. The molecular formula is C24H20N4O2S. The van der Waals surface area contributed by atoms with Crippen LogP contribution in [-0.4, -0.2) is 32.4 Å². The van der Waals surface area contributed by atoms with E-state index in [1.807, 2.05) is 59.8 Å². The van der Waals surface area contributed by atoms with Gasteiger partial charge in [0, 0.05) is 46.8 Å². The first-order valence-corrected chi connectivity index (χ1v) is 11.3. The second-order valence-corrected chi connectivity index (χ2v) is 8.88. The van der Waals surface area contributed by atoms with Crippen LogP contribution in [0.25, 0.3) is 22.2 Å². The first-order chi connectivity index (χ1) is 15.1. The lowest BCUT2D eigenvalue weighted by molar-refractivity contribution is 0.102. The third-order valence-electron chi connectivity index (χ3n) is 5.41. The molecule has 1 aliphatic heterocycles. The van der Waals surface area contributed by atoms with Crippen LogP contribution in [0, 0.1) is 6.92 Å². The molecule has 5 rings (SSSR count). The van der Waals surface area contributed by atoms with Crippen LogP contribution in [0.5, 0.6) is 0 Å². The van der Waals surface area contributed by atoms with Crippen molar-refractivity contribution in [3.05, 3.63) is 84.2 Å². The van der Waals surface area contributed by atoms with Gasteiger partial charge in [-0.25, -0.2) is 4.21 Å². The quantitative estimate of drug-likeness (QED) is 0.525. The molecule has 6 nitrogen and oxygen atoms in total. The summed E-state index contributed by atoms with van der Waals surface area (Å²) in [5.74, 6) is 0.498. The van der Waals surface area contributed by atoms with Crippen molar-refractivity contribution in [2.75, 3.05) is 21.9 Å². The van der Waals surface area contributed by atoms with Gasteiger partial charge in [0.05, 0.1) is 17.0 Å². The van der Waals surface area contributed by atoms with Gasteiger partial charge in [-0.3, -0.25) is 19.1 Å². The minimum atomic E-state index is -0.941. The van der Waals surface area contributed by atoms with E-state index in [2.05, 4.69) is 15.3 Å². The summed E-state index contributed by atoms with van der Waals surface area (Å²) < 4.78 is 13.5. The monoisotopic (exact) mass is 428 g/mol. The molecule has 1 atom stereocenters. The number of fused-ring (bicyclic) bond motifs is 1. The minimum absolute atomic E-state index is 0.196. The van der Waals surface area contributed by atoms with Gasteiger partial charge in [0.25, 0.3) is 5.91 Å². The van der Waals surface area contributed by atoms with Crippen molar-refractivity contribution in [2.45, 2.75) is 6.92 Å². The zero-order chi connectivity index (χ0) is 21.4. The molecule has 1 N–H and O–H groups in total. The number of benzene rings is 2. The Morgan fingerprint density at radius 2 is 1.87 bits per heavy atom. The van der Waals surface area contributed by atoms with Crippen molar-refractivity contribution >= 4 is 39.2 Å². The van der Waals surface area contributed by atoms with Crippen LogP contribution in [0.1, 0.15) is 15.9 Å². The number of carbonyl (C=O) groups excluding carboxylic acids is 1. The van der Waals surface area contributed by atoms with Crippen LogP contribution >= 0.6 is 0 Å². The highest BCUT2D eigenvalue weighted by Gasteiger charge is 2.23. The Labute approximate surface area is 182 Å². The number of nitrogens with zero attached hydrogens (tertiary/aromatic N) is 3. The minimum Gasteiger partial charge on any atom is -0.322 e. The fraction of sp³-hybridized carbons (Fsp3) is 0.125. The second-order valence-electron chi connectivity index (χ2n) is 7.39. The predicted octanol–water partition coefficient (Wildman–Crippen LogP) is 4.34. The van der Waals surface area contributed by atoms with Crippen LogP contribution in [0.2, 0.25) is 0 Å². The Hall–Kier alpha value is -3.58. The van der Waals surface area contributed by atoms with E-state index in [0.29, 0.717) is 17.0 Å². The van der Waals surface area contributed by atoms with Gasteiger partial charge >= 0.3 is 0 Å². The molecule has 0 radical (unpaired) electrons. The fourth-order valence-electron chi connectivity index (χ4n) is 3.66. The number of aryl methyl sites for hydroxylation is 1. The Morgan fingerprint density at radius 1 is 1.03 bits per heavy atom. The zero-order valence-corrected chi connectivity index (χ0v) is 17.7. The summed E-state index contributed by atoms with van der Waals surface area (Å²) in [5, 5.41) is 3.94. The lowest BCUT2D eigenvalue weighted by Crippen LogP contribution is -2.42. The molecule has 31 heavy (non-hydrogen) atoms. The standard InChI is InChI=1S/C24H20N4O2S/c1-16-4-7-18(15-21(16)23-20-3-2-11-25-22(20)10-12-26-23)27-24(29)17-5-8-19(9-6-17)28-13-14-31(28)30/h2-12,15H,13-14H2,1H3,(H,27,29). The Kier molecular flexibility index (Phi) is 4.95. The van der Waals surface area contributed by atoms with Crippen molar-refractivity contribution in [3.8, 4) is 11.3 Å². The van der Waals surface area contributed by atoms with E-state index >= 15 is 0 Å². The summed E-state index contributed by atoms with van der Waals surface area (Å²) in [6.45, 7) is 2.80. The van der Waals surface area contributed by atoms with Crippen LogP contribution in [-0.2, 0) is 11.0 Å². The fourth-order valence-corrected chi connectivity index (χ4v) is 4.53. The molecule has 0 aliphatic carbocycles. The number of aromatic nitrogens is 2. The molecule has 2 aromatic carbocycles. The van der Waals surface area contributed by atoms with E-state index in [4.69, 9.17) is 0 Å². The van der Waals surface area contributed by atoms with Crippen molar-refractivity contribution in [2.24, 2.45) is 0 Å². The van der Waals surface area contributed by atoms with Crippen LogP contribution in [0.15, 0.2) is 73.1 Å². The first-order valence-electron chi connectivity index (χ1n) is 9.98. The van der Waals surface area contributed by atoms with Gasteiger partial charge in [0.2, 0.25) is 0 Å². The van der Waals surface area contributed by atoms with Gasteiger partial charge in [0.15, 0.2) is 0 Å². The smallest absolute Gasteiger partial charge is 0.255 e. The van der Waals surface area contributed by atoms with E-state index < -0.39 is 11.0 Å². The molecule has 2 aromatic heterocycles. The Balaban J connectivity index is 1.41. The highest BCUT2D eigenvalue weighted by atomic mass is 32.2. The van der Waals surface area contributed by atoms with Crippen molar-refractivity contribution < 1.29 is 9.00 Å². The lowest BCUT2D eigenvalue weighted by Gasteiger charge is -2.31. The second kappa shape index (κ2) is 7.92. The molecule has 154 valence electrons. The van der Waals surface area contributed by atoms with E-state index in [0.717, 1.165) is 40.0 Å². The molecule has 0 spiro atoms. The largest absolute Gasteiger partial charge is 0.322 e. The number of pyridine rings is 2. The molecule has 0 bridgehead atoms. The number of carbonyl (C=O) groups is 1. The van der Waals surface area contributed by atoms with Gasteiger partial charge < -0.3 is 5.32 Å². The topological polar surface area (TPSA) is 75.2 Å². The van der Waals surface area contributed by atoms with E-state index in [1.54, 1.807) is 24.5 Å². The Bertz CT molecular complexity index is 1320. The average molecular weight is 429 g/mol. The van der Waals surface area contributed by atoms with Crippen molar-refractivity contribution in [1.82, 2.24) is 9.97 Å². The molecule has 1 unspecified atom stereocenters. The number of rotatable bonds is 4. The van der Waals surface area contributed by atoms with Gasteiger partial charge in [-0.05, 0) is 67.1 Å². The highest BCUT2D eigenvalue weighted by Crippen LogP contribution is 2.30. The summed E-state index contributed by atoms with van der Waals surface area (Å²) in [7, 11) is -0.941. The molecule has 0 saturated carbocycles. The van der Waals surface area contributed by atoms with E-state index in [-0.39, 0.29) is 5.91 Å². The number of anilines is 2. The molecule has 1 aliphatic rings. The SMILES string of the molecule is Cc1ccc(NC(=O)c2ccc(N3CCS3=O)cc2)cc1-c1nccc2ncccc12. The molecule has 4 aromatic rings. The van der Waals surface area contributed by atoms with Gasteiger partial charge in [-0.1, -0.05) is 6.07 Å². The number of amides is 1. The number of hydrogen-bond acceptors (Lipinski definition) is 4. The van der Waals surface area contributed by atoms with Gasteiger partial charge in [-0.2, -0.15) is 0 Å². The Morgan fingerprint density at radius 3 is 2.61 bits per heavy atom. The van der Waals surface area contributed by atoms with E-state index in [9.17, 15) is 9.00 Å². The summed E-state index contributed by atoms with van der Waals surface area (Å²) in [6.07, 6.45) is 3.52. The highest BCUT2D eigenvalue weighted by molar-refractivity contribution is 7.88. The normalized spacial score (nSPS) is 15.5. The van der Waals surface area contributed by atoms with Crippen LogP contribution in [0.3, 0.4) is 0 Å². The van der Waals surface area contributed by atoms with Crippen molar-refractivity contribution in [1.29, 1.82) is 0 Å². The molecule has 1 saturated heterocycles. The maximum Gasteiger partial charge on any atom is 0.255 e. The summed E-state index contributed by atoms with van der Waals surface area (Å²) >= 11 is 0. The summed E-state index contributed by atoms with van der Waals surface area (Å²) in [5.41, 5.74) is 5.84. The third-order valence-corrected chi connectivity index (χ3v) is 6.83. The molecule has 1 fully saturated rings. The van der Waals surface area contributed by atoms with Gasteiger partial charge in [-0.15, -0.1) is 0 Å². The summed E-state index contributed by atoms with van der Waals surface area (Å²) in [6, 6.07) is 18.8. The number of nitrogens with one attached hydrogen (secondary N) is 1. The third kappa shape index (κ3) is 3.68. The van der Waals surface area contributed by atoms with Crippen molar-refractivity contribution in [3.63, 3.8) is 0 Å². The average Bonchev–Trinajstić information content (AvgIpc) is 2.79. The van der Waals surface area contributed by atoms with Gasteiger partial charge in [0.1, 0.15) is 11.0 Å². The first kappa shape index (κ1) is 19.4. The number of hydrogen-bond donors (Lipinski definition) is 1. The zero-order valence-electron chi connectivity index (χ0n) is 16.9.